The van der Waals surface area contributed by atoms with E-state index in [0.29, 0.717) is 133 Å². The lowest BCUT2D eigenvalue weighted by molar-refractivity contribution is -0.120. The van der Waals surface area contributed by atoms with Gasteiger partial charge in [0.2, 0.25) is 35.4 Å². The van der Waals surface area contributed by atoms with Crippen molar-refractivity contribution in [2.75, 3.05) is 42.3 Å². The molecule has 12 aromatic carbocycles. The second kappa shape index (κ2) is 55.7. The van der Waals surface area contributed by atoms with Crippen LogP contribution in [0.15, 0.2) is 229 Å². The third-order valence-corrected chi connectivity index (χ3v) is 23.9. The lowest BCUT2D eigenvalue weighted by Gasteiger charge is -2.14. The molecule has 0 atom stereocenters. The number of hydrogen-bond donors (Lipinski definition) is 6. The number of amides is 6. The lowest BCUT2D eigenvalue weighted by Crippen LogP contribution is -2.21. The van der Waals surface area contributed by atoms with Crippen LogP contribution in [0.5, 0.6) is 34.5 Å². The van der Waals surface area contributed by atoms with Crippen molar-refractivity contribution < 1.29 is 61.6 Å². The number of hydrogen-bond acceptors (Lipinski definition) is 12. The molecule has 690 valence electrons. The maximum atomic E-state index is 14.0. The SMILES string of the molecule is CNC(=O)Cc1cccc(Br)c1COc1ccc(C)cc1Cl.CNC(=O)Cc1cccc(C)c1COc1ccc(C)cc1Cl.CNC(=O)Cc1cccc(Cl)c1COc1ccc(C)cc1Cl.CNC(=O)Cc1cccc(F)c1COc1ccc(C)cc1Cl.CNC(=O)Cc1cccc(I)c1COc1ccc(C)cc1Cl.CNC(=O)Cc1ccccc1COc1ccc(C)cc1Cl. The van der Waals surface area contributed by atoms with E-state index in [1.54, 1.807) is 72.6 Å². The predicted octanol–water partition coefficient (Wildman–Crippen LogP) is 23.6. The molecule has 18 nitrogen and oxygen atoms in total. The van der Waals surface area contributed by atoms with Crippen LogP contribution in [-0.2, 0) is 107 Å². The Morgan fingerprint density at radius 2 is 0.527 bits per heavy atom. The first-order valence-electron chi connectivity index (χ1n) is 41.4. The molecule has 6 amide bonds. The van der Waals surface area contributed by atoms with Gasteiger partial charge in [-0.05, 0) is 252 Å². The van der Waals surface area contributed by atoms with Gasteiger partial charge in [-0.1, -0.05) is 225 Å². The van der Waals surface area contributed by atoms with Crippen LogP contribution in [0.25, 0.3) is 0 Å². The molecule has 0 unspecified atom stereocenters. The van der Waals surface area contributed by atoms with E-state index in [1.807, 2.05) is 237 Å². The molecule has 0 heterocycles. The van der Waals surface area contributed by atoms with Crippen LogP contribution in [0.3, 0.4) is 0 Å². The van der Waals surface area contributed by atoms with E-state index in [-0.39, 0.29) is 61.5 Å². The molecule has 6 N–H and O–H groups in total. The molecule has 0 saturated carbocycles. The third kappa shape index (κ3) is 35.8. The van der Waals surface area contributed by atoms with Gasteiger partial charge in [-0.25, -0.2) is 4.39 Å². The number of ether oxygens (including phenoxy) is 6. The van der Waals surface area contributed by atoms with E-state index in [4.69, 9.17) is 110 Å². The quantitative estimate of drug-likeness (QED) is 0.0231. The first kappa shape index (κ1) is 107. The van der Waals surface area contributed by atoms with Crippen molar-refractivity contribution in [3.05, 3.63) is 379 Å². The van der Waals surface area contributed by atoms with E-state index >= 15 is 0 Å². The van der Waals surface area contributed by atoms with Gasteiger partial charge in [0.15, 0.2) is 0 Å². The Balaban J connectivity index is 0.000000215. The number of likely N-dealkylation sites (N-methyl/N-ethyl adjacent to an activating group) is 6. The summed E-state index contributed by atoms with van der Waals surface area (Å²) in [7, 11) is 9.69. The van der Waals surface area contributed by atoms with Gasteiger partial charge in [0.25, 0.3) is 0 Å². The van der Waals surface area contributed by atoms with Crippen LogP contribution < -0.4 is 60.3 Å². The maximum absolute atomic E-state index is 14.0. The molecule has 0 aliphatic carbocycles. The largest absolute Gasteiger partial charge is 0.487 e. The van der Waals surface area contributed by atoms with Crippen molar-refractivity contribution >= 4 is 155 Å². The molecule has 131 heavy (non-hydrogen) atoms. The molecule has 0 aliphatic rings. The van der Waals surface area contributed by atoms with Crippen LogP contribution in [0.4, 0.5) is 4.39 Å². The van der Waals surface area contributed by atoms with E-state index in [1.165, 1.54) is 6.07 Å². The van der Waals surface area contributed by atoms with E-state index in [9.17, 15) is 33.2 Å². The van der Waals surface area contributed by atoms with Crippen LogP contribution in [0, 0.1) is 57.9 Å². The summed E-state index contributed by atoms with van der Waals surface area (Å²) in [5.74, 6) is 2.94. The number of carbonyl (C=O) groups excluding carboxylic acids is 6. The molecule has 12 aromatic rings. The average Bonchev–Trinajstić information content (AvgIpc) is 0.849. The summed E-state index contributed by atoms with van der Waals surface area (Å²) in [5.41, 5.74) is 17.9. The van der Waals surface area contributed by atoms with E-state index in [0.717, 1.165) is 103 Å². The monoisotopic (exact) mass is 2090 g/mol. The zero-order valence-corrected chi connectivity index (χ0v) is 84.1. The standard InChI is InChI=1S/C18H20ClNO2.C17H17BrClNO2.C17H17Cl2NO2.C17H17ClFNO2.C17H17ClINO2.C17H18ClNO2/c1-12-7-8-17(16(19)9-12)22-11-15-13(2)5-4-6-14(15)10-18(21)20-3;2*1-11-6-7-16(15(19)8-11)22-10-13-12(9-17(21)20-2)4-3-5-14(13)18;2*1-11-6-7-16(14(18)8-11)22-10-13-12(9-17(21)20-2)4-3-5-15(13)19;1-12-7-8-16(15(18)9-12)21-11-14-6-4-3-5-13(14)10-17(20)19-2/h4-9H,10-11H2,1-3H3,(H,20,21);4*3-8H,9-10H2,1-2H3,(H,20,21);3-9H,10-11H2,1-2H3,(H,19,20). The summed E-state index contributed by atoms with van der Waals surface area (Å²) >= 11 is 49.0. The lowest BCUT2D eigenvalue weighted by atomic mass is 10.00. The second-order valence-corrected chi connectivity index (χ2v) is 34.8. The first-order valence-corrected chi connectivity index (χ1v) is 45.9. The van der Waals surface area contributed by atoms with Gasteiger partial charge in [-0.15, -0.1) is 0 Å². The van der Waals surface area contributed by atoms with Crippen LogP contribution in [0.1, 0.15) is 106 Å². The van der Waals surface area contributed by atoms with Gasteiger partial charge in [0, 0.05) is 77.6 Å². The molecule has 0 bridgehead atoms. The Bertz CT molecular complexity index is 5220. The van der Waals surface area contributed by atoms with Gasteiger partial charge in [-0.2, -0.15) is 0 Å². The zero-order chi connectivity index (χ0) is 95.8. The molecule has 0 aromatic heterocycles. The molecule has 0 saturated heterocycles. The summed E-state index contributed by atoms with van der Waals surface area (Å²) < 4.78 is 50.7. The second-order valence-electron chi connectivity index (χ2n) is 29.9. The van der Waals surface area contributed by atoms with Gasteiger partial charge < -0.3 is 60.3 Å². The fraction of sp³-hybridized carbons (Fsp3) is 0.243. The number of aryl methyl sites for hydroxylation is 7. The summed E-state index contributed by atoms with van der Waals surface area (Å²) in [4.78, 5) is 69.5. The molecule has 0 aliphatic heterocycles. The van der Waals surface area contributed by atoms with E-state index < -0.39 is 5.82 Å². The maximum Gasteiger partial charge on any atom is 0.224 e. The van der Waals surface area contributed by atoms with Crippen LogP contribution in [0.2, 0.25) is 35.2 Å². The summed E-state index contributed by atoms with van der Waals surface area (Å²) in [6, 6.07) is 69.2. The first-order chi connectivity index (χ1) is 62.6. The van der Waals surface area contributed by atoms with Gasteiger partial charge in [-0.3, -0.25) is 28.8 Å². The normalized spacial score (nSPS) is 10.3. The average molecular weight is 2090 g/mol. The topological polar surface area (TPSA) is 230 Å². The van der Waals surface area contributed by atoms with Crippen molar-refractivity contribution in [2.45, 2.75) is 127 Å². The molecule has 0 fully saturated rings. The van der Waals surface area contributed by atoms with Crippen molar-refractivity contribution in [2.24, 2.45) is 0 Å². The number of nitrogens with one attached hydrogen (secondary N) is 6. The van der Waals surface area contributed by atoms with Gasteiger partial charge in [0.1, 0.15) is 80.0 Å². The minimum absolute atomic E-state index is 0.0137. The van der Waals surface area contributed by atoms with Gasteiger partial charge in [0.05, 0.1) is 68.7 Å². The van der Waals surface area contributed by atoms with Crippen molar-refractivity contribution in [1.82, 2.24) is 31.9 Å². The van der Waals surface area contributed by atoms with E-state index in [2.05, 4.69) is 70.4 Å². The zero-order valence-electron chi connectivity index (χ0n) is 75.0. The minimum Gasteiger partial charge on any atom is -0.487 e. The molecular formula is C103H106BrCl7FIN6O12. The highest BCUT2D eigenvalue weighted by atomic mass is 127. The number of rotatable bonds is 30. The highest BCUT2D eigenvalue weighted by molar-refractivity contribution is 14.1. The number of halogens is 10. The fourth-order valence-corrected chi connectivity index (χ4v) is 15.8. The Kier molecular flexibility index (Phi) is 45.7. The Morgan fingerprint density at radius 1 is 0.275 bits per heavy atom. The van der Waals surface area contributed by atoms with Crippen LogP contribution >= 0.6 is 120 Å². The van der Waals surface area contributed by atoms with Crippen molar-refractivity contribution in [1.29, 1.82) is 0 Å². The minimum atomic E-state index is -0.398. The van der Waals surface area contributed by atoms with Gasteiger partial charge >= 0.3 is 0 Å². The molecular weight excluding hydrogens is 1990 g/mol. The molecule has 12 rings (SSSR count). The highest BCUT2D eigenvalue weighted by Gasteiger charge is 2.20. The molecule has 0 spiro atoms. The Hall–Kier alpha value is -10.6. The van der Waals surface area contributed by atoms with Crippen LogP contribution in [-0.4, -0.2) is 77.7 Å². The third-order valence-electron chi connectivity index (χ3n) is 20.0. The summed E-state index contributed by atoms with van der Waals surface area (Å²) in [6.45, 7) is 15.6. The molecule has 0 radical (unpaired) electrons. The number of benzene rings is 12. The number of carbonyl (C=O) groups is 6. The smallest absolute Gasteiger partial charge is 0.224 e. The fourth-order valence-electron chi connectivity index (χ4n) is 12.5. The molecule has 28 heteroatoms. The Labute approximate surface area is 824 Å². The highest BCUT2D eigenvalue weighted by Crippen LogP contribution is 2.35. The van der Waals surface area contributed by atoms with Crippen molar-refractivity contribution in [3.8, 4) is 34.5 Å². The van der Waals surface area contributed by atoms with Crippen molar-refractivity contribution in [3.63, 3.8) is 0 Å². The predicted molar refractivity (Wildman–Crippen MR) is 539 cm³/mol. The Morgan fingerprint density at radius 3 is 0.885 bits per heavy atom. The summed E-state index contributed by atoms with van der Waals surface area (Å²) in [6.07, 6.45) is 1.71. The summed E-state index contributed by atoms with van der Waals surface area (Å²) in [5, 5.41) is 19.7.